The van der Waals surface area contributed by atoms with E-state index in [0.717, 1.165) is 11.3 Å². The number of nitrogens with zero attached hydrogens (tertiary/aromatic N) is 2. The molecule has 6 heteroatoms. The topological polar surface area (TPSA) is 61.9 Å². The van der Waals surface area contributed by atoms with E-state index < -0.39 is 5.97 Å². The van der Waals surface area contributed by atoms with E-state index in [1.807, 2.05) is 50.1 Å². The minimum atomic E-state index is -0.460. The van der Waals surface area contributed by atoms with E-state index >= 15 is 0 Å². The van der Waals surface area contributed by atoms with Gasteiger partial charge in [0, 0.05) is 33.3 Å². The van der Waals surface area contributed by atoms with Crippen LogP contribution in [0.5, 0.6) is 0 Å². The second-order valence-corrected chi connectivity index (χ2v) is 5.55. The Morgan fingerprint density at radius 1 is 1.14 bits per heavy atom. The van der Waals surface area contributed by atoms with Crippen molar-refractivity contribution < 1.29 is 14.3 Å². The number of carbonyl (C=O) groups is 2. The van der Waals surface area contributed by atoms with Gasteiger partial charge in [0.1, 0.15) is 0 Å². The smallest absolute Gasteiger partial charge is 0.303 e. The molecule has 1 aromatic carbocycles. The highest BCUT2D eigenvalue weighted by Gasteiger charge is 2.15. The zero-order valence-electron chi connectivity index (χ0n) is 13.9. The molecule has 0 spiro atoms. The van der Waals surface area contributed by atoms with E-state index in [1.165, 1.54) is 6.92 Å². The molecule has 22 heavy (non-hydrogen) atoms. The lowest BCUT2D eigenvalue weighted by molar-refractivity contribution is -0.146. The number of hydrogen-bond acceptors (Lipinski definition) is 5. The standard InChI is InChI=1S/C16H25N3O3/c1-12(20)22-11-16(21)17-10-15(19(4)5)13-6-8-14(9-7-13)18(2)3/h6-9,15H,10-11H2,1-5H3,(H,17,21)/t15-/m0/s1. The third-order valence-electron chi connectivity index (χ3n) is 3.32. The Hall–Kier alpha value is -2.08. The molecule has 6 nitrogen and oxygen atoms in total. The second-order valence-electron chi connectivity index (χ2n) is 5.55. The molecule has 0 heterocycles. The molecule has 1 atom stereocenters. The summed E-state index contributed by atoms with van der Waals surface area (Å²) in [4.78, 5) is 26.4. The third-order valence-corrected chi connectivity index (χ3v) is 3.32. The second kappa shape index (κ2) is 8.38. The van der Waals surface area contributed by atoms with Crippen LogP contribution in [0, 0.1) is 0 Å². The van der Waals surface area contributed by atoms with Gasteiger partial charge in [-0.05, 0) is 31.8 Å². The largest absolute Gasteiger partial charge is 0.456 e. The highest BCUT2D eigenvalue weighted by molar-refractivity contribution is 5.79. The number of hydrogen-bond donors (Lipinski definition) is 1. The highest BCUT2D eigenvalue weighted by Crippen LogP contribution is 2.20. The van der Waals surface area contributed by atoms with Crippen molar-refractivity contribution in [3.63, 3.8) is 0 Å². The minimum absolute atomic E-state index is 0.0532. The van der Waals surface area contributed by atoms with Crippen molar-refractivity contribution in [2.24, 2.45) is 0 Å². The van der Waals surface area contributed by atoms with Crippen molar-refractivity contribution >= 4 is 17.6 Å². The van der Waals surface area contributed by atoms with Crippen LogP contribution >= 0.6 is 0 Å². The lowest BCUT2D eigenvalue weighted by Crippen LogP contribution is -2.36. The van der Waals surface area contributed by atoms with Gasteiger partial charge in [-0.25, -0.2) is 0 Å². The predicted octanol–water partition coefficient (Wildman–Crippen LogP) is 1.03. The summed E-state index contributed by atoms with van der Waals surface area (Å²) in [6.07, 6.45) is 0. The monoisotopic (exact) mass is 307 g/mol. The Bertz CT molecular complexity index is 498. The fourth-order valence-electron chi connectivity index (χ4n) is 2.02. The number of anilines is 1. The lowest BCUT2D eigenvalue weighted by atomic mass is 10.1. The summed E-state index contributed by atoms with van der Waals surface area (Å²) in [5.41, 5.74) is 2.24. The fraction of sp³-hybridized carbons (Fsp3) is 0.500. The number of esters is 1. The molecule has 0 aliphatic rings. The van der Waals surface area contributed by atoms with E-state index in [4.69, 9.17) is 0 Å². The average Bonchev–Trinajstić information content (AvgIpc) is 2.45. The van der Waals surface area contributed by atoms with E-state index in [-0.39, 0.29) is 18.6 Å². The Kier molecular flexibility index (Phi) is 6.85. The van der Waals surface area contributed by atoms with Crippen molar-refractivity contribution in [1.29, 1.82) is 0 Å². The first-order valence-electron chi connectivity index (χ1n) is 7.15. The van der Waals surface area contributed by atoms with Crippen LogP contribution in [-0.4, -0.2) is 58.1 Å². The van der Waals surface area contributed by atoms with Crippen LogP contribution in [0.15, 0.2) is 24.3 Å². The van der Waals surface area contributed by atoms with Gasteiger partial charge >= 0.3 is 5.97 Å². The molecule has 0 aliphatic carbocycles. The van der Waals surface area contributed by atoms with E-state index in [2.05, 4.69) is 22.2 Å². The summed E-state index contributed by atoms with van der Waals surface area (Å²) < 4.78 is 4.67. The van der Waals surface area contributed by atoms with Crippen LogP contribution < -0.4 is 10.2 Å². The molecule has 0 aliphatic heterocycles. The first-order chi connectivity index (χ1) is 10.3. The van der Waals surface area contributed by atoms with Crippen molar-refractivity contribution in [2.75, 3.05) is 46.2 Å². The number of ether oxygens (including phenoxy) is 1. The summed E-state index contributed by atoms with van der Waals surface area (Å²) >= 11 is 0. The molecule has 0 saturated carbocycles. The quantitative estimate of drug-likeness (QED) is 0.763. The number of amides is 1. The molecule has 0 aromatic heterocycles. The van der Waals surface area contributed by atoms with Gasteiger partial charge in [-0.1, -0.05) is 12.1 Å². The van der Waals surface area contributed by atoms with Gasteiger partial charge in [-0.2, -0.15) is 0 Å². The van der Waals surface area contributed by atoms with E-state index in [0.29, 0.717) is 6.54 Å². The molecule has 1 N–H and O–H groups in total. The van der Waals surface area contributed by atoms with Crippen molar-refractivity contribution in [2.45, 2.75) is 13.0 Å². The number of nitrogens with one attached hydrogen (secondary N) is 1. The molecular weight excluding hydrogens is 282 g/mol. The number of rotatable bonds is 7. The van der Waals surface area contributed by atoms with Crippen molar-refractivity contribution in [1.82, 2.24) is 10.2 Å². The molecule has 1 aromatic rings. The van der Waals surface area contributed by atoms with Gasteiger partial charge in [0.15, 0.2) is 6.61 Å². The van der Waals surface area contributed by atoms with Crippen LogP contribution in [0.2, 0.25) is 0 Å². The summed E-state index contributed by atoms with van der Waals surface area (Å²) in [5, 5.41) is 2.79. The first-order valence-corrected chi connectivity index (χ1v) is 7.15. The number of likely N-dealkylation sites (N-methyl/N-ethyl adjacent to an activating group) is 1. The summed E-state index contributed by atoms with van der Waals surface area (Å²) in [5.74, 6) is -0.759. The van der Waals surface area contributed by atoms with Crippen molar-refractivity contribution in [3.05, 3.63) is 29.8 Å². The molecule has 122 valence electrons. The van der Waals surface area contributed by atoms with Gasteiger partial charge in [-0.15, -0.1) is 0 Å². The average molecular weight is 307 g/mol. The van der Waals surface area contributed by atoms with Crippen molar-refractivity contribution in [3.8, 4) is 0 Å². The maximum absolute atomic E-state index is 11.6. The van der Waals surface area contributed by atoms with E-state index in [9.17, 15) is 9.59 Å². The lowest BCUT2D eigenvalue weighted by Gasteiger charge is -2.25. The summed E-state index contributed by atoms with van der Waals surface area (Å²) in [6, 6.07) is 8.26. The third kappa shape index (κ3) is 5.73. The fourth-order valence-corrected chi connectivity index (χ4v) is 2.02. The molecular formula is C16H25N3O3. The Balaban J connectivity index is 2.65. The normalized spacial score (nSPS) is 11.9. The maximum atomic E-state index is 11.6. The van der Waals surface area contributed by atoms with Gasteiger partial charge in [0.25, 0.3) is 5.91 Å². The molecule has 0 fully saturated rings. The van der Waals surface area contributed by atoms with Gasteiger partial charge in [0.05, 0.1) is 6.04 Å². The maximum Gasteiger partial charge on any atom is 0.303 e. The van der Waals surface area contributed by atoms with Crippen LogP contribution in [-0.2, 0) is 14.3 Å². The summed E-state index contributed by atoms with van der Waals surface area (Å²) in [7, 11) is 7.91. The van der Waals surface area contributed by atoms with Crippen LogP contribution in [0.25, 0.3) is 0 Å². The van der Waals surface area contributed by atoms with Crippen LogP contribution in [0.4, 0.5) is 5.69 Å². The zero-order chi connectivity index (χ0) is 16.7. The molecule has 0 saturated heterocycles. The van der Waals surface area contributed by atoms with Gasteiger partial charge in [-0.3, -0.25) is 9.59 Å². The SMILES string of the molecule is CC(=O)OCC(=O)NC[C@@H](c1ccc(N(C)C)cc1)N(C)C. The Morgan fingerprint density at radius 3 is 2.18 bits per heavy atom. The molecule has 0 unspecified atom stereocenters. The van der Waals surface area contributed by atoms with Gasteiger partial charge < -0.3 is 19.9 Å². The predicted molar refractivity (Wildman–Crippen MR) is 86.8 cm³/mol. The molecule has 1 amide bonds. The van der Waals surface area contributed by atoms with Crippen LogP contribution in [0.3, 0.4) is 0 Å². The Labute approximate surface area is 132 Å². The van der Waals surface area contributed by atoms with E-state index in [1.54, 1.807) is 0 Å². The summed E-state index contributed by atoms with van der Waals surface area (Å²) in [6.45, 7) is 1.49. The Morgan fingerprint density at radius 2 is 1.73 bits per heavy atom. The highest BCUT2D eigenvalue weighted by atomic mass is 16.5. The number of benzene rings is 1. The number of carbonyl (C=O) groups excluding carboxylic acids is 2. The zero-order valence-corrected chi connectivity index (χ0v) is 13.9. The first kappa shape index (κ1) is 18.0. The minimum Gasteiger partial charge on any atom is -0.456 e. The van der Waals surface area contributed by atoms with Crippen LogP contribution in [0.1, 0.15) is 18.5 Å². The molecule has 1 rings (SSSR count). The molecule has 0 radical (unpaired) electrons. The molecule has 0 bridgehead atoms. The van der Waals surface area contributed by atoms with Gasteiger partial charge in [0.2, 0.25) is 0 Å².